The van der Waals surface area contributed by atoms with Crippen molar-refractivity contribution in [1.29, 1.82) is 0 Å². The van der Waals surface area contributed by atoms with Crippen LogP contribution in [-0.4, -0.2) is 36.1 Å². The minimum Gasteiger partial charge on any atom is -0.359 e. The van der Waals surface area contributed by atoms with Gasteiger partial charge in [-0.25, -0.2) is 0 Å². The number of hydrogen-bond donors (Lipinski definition) is 2. The number of anilines is 1. The van der Waals surface area contributed by atoms with Gasteiger partial charge in [-0.3, -0.25) is 4.79 Å². The molecule has 0 saturated heterocycles. The number of rotatable bonds is 3. The minimum absolute atomic E-state index is 0.00855. The van der Waals surface area contributed by atoms with Crippen molar-refractivity contribution in [2.45, 2.75) is 31.7 Å². The largest absolute Gasteiger partial charge is 0.359 e. The quantitative estimate of drug-likeness (QED) is 0.842. The Labute approximate surface area is 137 Å². The summed E-state index contributed by atoms with van der Waals surface area (Å²) in [6.45, 7) is 0. The van der Waals surface area contributed by atoms with Gasteiger partial charge in [-0.15, -0.1) is 0 Å². The first kappa shape index (κ1) is 15.3. The van der Waals surface area contributed by atoms with Crippen molar-refractivity contribution in [2.75, 3.05) is 19.4 Å². The molecular formula is C17H23N3OS. The predicted octanol–water partition coefficient (Wildman–Crippen LogP) is 2.86. The third-order valence-electron chi connectivity index (χ3n) is 4.85. The van der Waals surface area contributed by atoms with Crippen LogP contribution < -0.4 is 10.6 Å². The Balaban J connectivity index is 1.54. The van der Waals surface area contributed by atoms with Gasteiger partial charge in [0.1, 0.15) is 0 Å². The number of benzene rings is 1. The molecule has 1 aromatic carbocycles. The molecule has 0 unspecified atom stereocenters. The van der Waals surface area contributed by atoms with Crippen molar-refractivity contribution in [2.24, 2.45) is 11.8 Å². The molecule has 0 spiro atoms. The lowest BCUT2D eigenvalue weighted by molar-refractivity contribution is 0.0827. The molecule has 2 aliphatic rings. The topological polar surface area (TPSA) is 44.4 Å². The maximum absolute atomic E-state index is 11.8. The molecule has 0 aromatic heterocycles. The van der Waals surface area contributed by atoms with Gasteiger partial charge >= 0.3 is 0 Å². The van der Waals surface area contributed by atoms with E-state index in [4.69, 9.17) is 12.2 Å². The van der Waals surface area contributed by atoms with Crippen LogP contribution in [0.1, 0.15) is 36.0 Å². The maximum atomic E-state index is 11.8. The molecule has 0 aliphatic heterocycles. The predicted molar refractivity (Wildman–Crippen MR) is 93.1 cm³/mol. The van der Waals surface area contributed by atoms with E-state index in [-0.39, 0.29) is 5.91 Å². The van der Waals surface area contributed by atoms with Crippen LogP contribution in [0.4, 0.5) is 5.69 Å². The SMILES string of the molecule is CN(C)C(=O)c1ccc(NC(=S)N[C@H]2C[C@@H]3CC[C@@H]2C3)cc1. The van der Waals surface area contributed by atoms with E-state index in [1.807, 2.05) is 24.3 Å². The van der Waals surface area contributed by atoms with Gasteiger partial charge in [0.05, 0.1) is 0 Å². The van der Waals surface area contributed by atoms with Gasteiger partial charge in [-0.05, 0) is 67.6 Å². The Morgan fingerprint density at radius 2 is 1.91 bits per heavy atom. The monoisotopic (exact) mass is 317 g/mol. The van der Waals surface area contributed by atoms with Crippen molar-refractivity contribution >= 4 is 28.9 Å². The molecule has 4 nitrogen and oxygen atoms in total. The molecule has 22 heavy (non-hydrogen) atoms. The first-order valence-electron chi connectivity index (χ1n) is 7.92. The summed E-state index contributed by atoms with van der Waals surface area (Å²) in [5.74, 6) is 1.71. The summed E-state index contributed by atoms with van der Waals surface area (Å²) in [4.78, 5) is 13.4. The molecule has 5 heteroatoms. The Hall–Kier alpha value is -1.62. The van der Waals surface area contributed by atoms with Crippen molar-refractivity contribution in [1.82, 2.24) is 10.2 Å². The number of amides is 1. The molecule has 3 rings (SSSR count). The summed E-state index contributed by atoms with van der Waals surface area (Å²) in [5.41, 5.74) is 1.60. The van der Waals surface area contributed by atoms with Gasteiger partial charge in [0.2, 0.25) is 0 Å². The van der Waals surface area contributed by atoms with Crippen LogP contribution in [0.2, 0.25) is 0 Å². The number of fused-ring (bicyclic) bond motifs is 2. The zero-order chi connectivity index (χ0) is 15.7. The first-order valence-corrected chi connectivity index (χ1v) is 8.33. The number of carbonyl (C=O) groups is 1. The fourth-order valence-electron chi connectivity index (χ4n) is 3.71. The third kappa shape index (κ3) is 3.24. The molecule has 118 valence electrons. The standard InChI is InChI=1S/C17H23N3OS/c1-20(2)16(21)12-5-7-14(8-6-12)18-17(22)19-15-10-11-3-4-13(15)9-11/h5-8,11,13,15H,3-4,9-10H2,1-2H3,(H2,18,19,22)/t11-,13-,15+/m1/s1. The Bertz CT molecular complexity index is 570. The van der Waals surface area contributed by atoms with Crippen LogP contribution in [0.15, 0.2) is 24.3 Å². The zero-order valence-electron chi connectivity index (χ0n) is 13.1. The number of nitrogens with one attached hydrogen (secondary N) is 2. The van der Waals surface area contributed by atoms with Crippen LogP contribution in [0.25, 0.3) is 0 Å². The molecule has 0 heterocycles. The molecule has 2 saturated carbocycles. The second-order valence-electron chi connectivity index (χ2n) is 6.66. The molecule has 3 atom stereocenters. The van der Waals surface area contributed by atoms with Crippen molar-refractivity contribution in [3.63, 3.8) is 0 Å². The Kier molecular flexibility index (Phi) is 4.34. The molecule has 0 radical (unpaired) electrons. The lowest BCUT2D eigenvalue weighted by Gasteiger charge is -2.24. The zero-order valence-corrected chi connectivity index (χ0v) is 14.0. The molecule has 2 N–H and O–H groups in total. The Morgan fingerprint density at radius 3 is 2.45 bits per heavy atom. The van der Waals surface area contributed by atoms with Crippen LogP contribution in [0.5, 0.6) is 0 Å². The van der Waals surface area contributed by atoms with E-state index in [2.05, 4.69) is 10.6 Å². The summed E-state index contributed by atoms with van der Waals surface area (Å²) in [7, 11) is 3.51. The summed E-state index contributed by atoms with van der Waals surface area (Å²) in [5, 5.41) is 7.36. The second-order valence-corrected chi connectivity index (χ2v) is 7.06. The van der Waals surface area contributed by atoms with Gasteiger partial charge in [0.25, 0.3) is 5.91 Å². The molecule has 1 amide bonds. The third-order valence-corrected chi connectivity index (χ3v) is 5.07. The lowest BCUT2D eigenvalue weighted by atomic mass is 9.96. The summed E-state index contributed by atoms with van der Waals surface area (Å²) in [6, 6.07) is 7.97. The number of nitrogens with zero attached hydrogens (tertiary/aromatic N) is 1. The van der Waals surface area contributed by atoms with E-state index in [1.54, 1.807) is 19.0 Å². The lowest BCUT2D eigenvalue weighted by Crippen LogP contribution is -2.40. The fourth-order valence-corrected chi connectivity index (χ4v) is 3.98. The van der Waals surface area contributed by atoms with Crippen LogP contribution >= 0.6 is 12.2 Å². The maximum Gasteiger partial charge on any atom is 0.253 e. The van der Waals surface area contributed by atoms with Gasteiger partial charge in [0.15, 0.2) is 5.11 Å². The van der Waals surface area contributed by atoms with E-state index < -0.39 is 0 Å². The summed E-state index contributed by atoms with van der Waals surface area (Å²) < 4.78 is 0. The summed E-state index contributed by atoms with van der Waals surface area (Å²) in [6.07, 6.45) is 5.35. The van der Waals surface area contributed by atoms with Crippen molar-refractivity contribution in [3.8, 4) is 0 Å². The van der Waals surface area contributed by atoms with Gasteiger partial charge < -0.3 is 15.5 Å². The molecule has 1 aromatic rings. The van der Waals surface area contributed by atoms with E-state index in [0.717, 1.165) is 17.5 Å². The number of hydrogen-bond acceptors (Lipinski definition) is 2. The van der Waals surface area contributed by atoms with Crippen LogP contribution in [0, 0.1) is 11.8 Å². The number of carbonyl (C=O) groups excluding carboxylic acids is 1. The fraction of sp³-hybridized carbons (Fsp3) is 0.529. The highest BCUT2D eigenvalue weighted by Gasteiger charge is 2.39. The molecule has 2 aliphatic carbocycles. The highest BCUT2D eigenvalue weighted by atomic mass is 32.1. The normalized spacial score (nSPS) is 25.8. The van der Waals surface area contributed by atoms with Crippen molar-refractivity contribution < 1.29 is 4.79 Å². The molecule has 2 fully saturated rings. The Morgan fingerprint density at radius 1 is 1.18 bits per heavy atom. The second kappa shape index (κ2) is 6.24. The van der Waals surface area contributed by atoms with Gasteiger partial charge in [-0.2, -0.15) is 0 Å². The average Bonchev–Trinajstić information content (AvgIpc) is 3.09. The van der Waals surface area contributed by atoms with Gasteiger partial charge in [0, 0.05) is 31.4 Å². The van der Waals surface area contributed by atoms with E-state index in [9.17, 15) is 4.79 Å². The van der Waals surface area contributed by atoms with Crippen LogP contribution in [-0.2, 0) is 0 Å². The van der Waals surface area contributed by atoms with Crippen LogP contribution in [0.3, 0.4) is 0 Å². The molecule has 2 bridgehead atoms. The number of thiocarbonyl (C=S) groups is 1. The van der Waals surface area contributed by atoms with E-state index >= 15 is 0 Å². The molecular weight excluding hydrogens is 294 g/mol. The van der Waals surface area contributed by atoms with E-state index in [0.29, 0.717) is 16.7 Å². The van der Waals surface area contributed by atoms with Crippen molar-refractivity contribution in [3.05, 3.63) is 29.8 Å². The smallest absolute Gasteiger partial charge is 0.253 e. The highest BCUT2D eigenvalue weighted by Crippen LogP contribution is 2.44. The summed E-state index contributed by atoms with van der Waals surface area (Å²) >= 11 is 5.42. The minimum atomic E-state index is 0.00855. The first-order chi connectivity index (χ1) is 10.5. The van der Waals surface area contributed by atoms with E-state index in [1.165, 1.54) is 25.7 Å². The van der Waals surface area contributed by atoms with Gasteiger partial charge in [-0.1, -0.05) is 6.42 Å². The highest BCUT2D eigenvalue weighted by molar-refractivity contribution is 7.80. The average molecular weight is 317 g/mol.